The van der Waals surface area contributed by atoms with Crippen molar-refractivity contribution >= 4 is 22.6 Å². The third kappa shape index (κ3) is 5.47. The summed E-state index contributed by atoms with van der Waals surface area (Å²) in [6.07, 6.45) is -0.824. The summed E-state index contributed by atoms with van der Waals surface area (Å²) >= 11 is 0. The maximum absolute atomic E-state index is 14.6. The Bertz CT molecular complexity index is 1130. The molecule has 192 valence electrons. The molecule has 11 nitrogen and oxygen atoms in total. The number of benzene rings is 1. The van der Waals surface area contributed by atoms with Crippen LogP contribution in [0.15, 0.2) is 23.1 Å². The minimum Gasteiger partial charge on any atom is -0.477 e. The van der Waals surface area contributed by atoms with E-state index in [1.54, 1.807) is 6.07 Å². The van der Waals surface area contributed by atoms with E-state index in [9.17, 15) is 19.1 Å². The largest absolute Gasteiger partial charge is 0.477 e. The average molecular weight is 496 g/mol. The maximum Gasteiger partial charge on any atom is 0.341 e. The Labute approximate surface area is 200 Å². The Morgan fingerprint density at radius 1 is 1.17 bits per heavy atom. The maximum atomic E-state index is 14.6. The van der Waals surface area contributed by atoms with Crippen LogP contribution in [0.25, 0.3) is 10.9 Å². The molecule has 12 heteroatoms. The number of pyridine rings is 1. The van der Waals surface area contributed by atoms with Gasteiger partial charge in [-0.25, -0.2) is 9.18 Å². The first-order valence-corrected chi connectivity index (χ1v) is 11.6. The molecule has 1 aromatic carbocycles. The quantitative estimate of drug-likeness (QED) is 0.322. The molecule has 2 aromatic rings. The van der Waals surface area contributed by atoms with Gasteiger partial charge in [-0.2, -0.15) is 0 Å². The van der Waals surface area contributed by atoms with E-state index in [0.29, 0.717) is 24.3 Å². The zero-order valence-electron chi connectivity index (χ0n) is 19.0. The van der Waals surface area contributed by atoms with Crippen LogP contribution in [0.2, 0.25) is 0 Å². The molecule has 0 bridgehead atoms. The molecular formula is C23H30FN3O8. The van der Waals surface area contributed by atoms with Gasteiger partial charge in [0.15, 0.2) is 6.29 Å². The van der Waals surface area contributed by atoms with E-state index in [1.165, 1.54) is 12.3 Å². The molecule has 1 aliphatic carbocycles. The van der Waals surface area contributed by atoms with Crippen molar-refractivity contribution in [3.63, 3.8) is 0 Å². The topological polar surface area (TPSA) is 165 Å². The number of anilines is 1. The molecule has 1 saturated carbocycles. The van der Waals surface area contributed by atoms with Crippen LogP contribution < -0.4 is 15.6 Å². The molecule has 2 saturated heterocycles. The lowest BCUT2D eigenvalue weighted by Gasteiger charge is -2.33. The van der Waals surface area contributed by atoms with Crippen LogP contribution in [0.3, 0.4) is 0 Å². The Morgan fingerprint density at radius 3 is 2.46 bits per heavy atom. The Balaban J connectivity index is 0.000000221. The van der Waals surface area contributed by atoms with Gasteiger partial charge in [0.1, 0.15) is 23.6 Å². The first-order valence-electron chi connectivity index (χ1n) is 11.6. The van der Waals surface area contributed by atoms with Crippen molar-refractivity contribution in [2.24, 2.45) is 0 Å². The molecule has 3 aliphatic rings. The van der Waals surface area contributed by atoms with Gasteiger partial charge < -0.3 is 45.1 Å². The number of ether oxygens (including phenoxy) is 1. The number of hydrogen-bond acceptors (Lipinski definition) is 9. The number of aliphatic hydroxyl groups is 4. The second-order valence-corrected chi connectivity index (χ2v) is 8.98. The van der Waals surface area contributed by atoms with Crippen LogP contribution in [0.1, 0.15) is 35.7 Å². The molecule has 5 rings (SSSR count). The summed E-state index contributed by atoms with van der Waals surface area (Å²) in [4.78, 5) is 25.7. The normalized spacial score (nSPS) is 26.8. The predicted molar refractivity (Wildman–Crippen MR) is 123 cm³/mol. The number of fused-ring (bicyclic) bond motifs is 1. The number of aromatic carboxylic acids is 1. The number of carbonyl (C=O) groups is 1. The lowest BCUT2D eigenvalue weighted by Crippen LogP contribution is -2.49. The Kier molecular flexibility index (Phi) is 7.69. The molecule has 0 radical (unpaired) electrons. The number of carboxylic acid groups (broad SMARTS) is 1. The van der Waals surface area contributed by atoms with Gasteiger partial charge in [0.25, 0.3) is 0 Å². The summed E-state index contributed by atoms with van der Waals surface area (Å²) in [5, 5.41) is 48.3. The Hall–Kier alpha value is -2.61. The molecule has 0 amide bonds. The fourth-order valence-electron chi connectivity index (χ4n) is 4.40. The SMILES string of the molecule is O=C(O)c1cn(C2CC2)c2cc(N3CCNCC3)c(F)cc2c1=O.OC[C@H]1O[C@H](O)C[C@@H](O)[C@@H]1O. The first-order chi connectivity index (χ1) is 16.7. The van der Waals surface area contributed by atoms with E-state index in [2.05, 4.69) is 5.32 Å². The Morgan fingerprint density at radius 2 is 1.86 bits per heavy atom. The first kappa shape index (κ1) is 25.5. The molecule has 0 unspecified atom stereocenters. The molecule has 0 spiro atoms. The molecule has 35 heavy (non-hydrogen) atoms. The number of piperazine rings is 1. The second-order valence-electron chi connectivity index (χ2n) is 8.98. The molecule has 1 aromatic heterocycles. The van der Waals surface area contributed by atoms with Crippen LogP contribution >= 0.6 is 0 Å². The lowest BCUT2D eigenvalue weighted by molar-refractivity contribution is -0.239. The van der Waals surface area contributed by atoms with Crippen LogP contribution in [-0.2, 0) is 4.74 Å². The van der Waals surface area contributed by atoms with Crippen molar-refractivity contribution in [3.05, 3.63) is 39.9 Å². The molecule has 6 N–H and O–H groups in total. The van der Waals surface area contributed by atoms with Crippen LogP contribution in [-0.4, -0.2) is 93.5 Å². The van der Waals surface area contributed by atoms with Crippen molar-refractivity contribution in [1.29, 1.82) is 0 Å². The van der Waals surface area contributed by atoms with Crippen molar-refractivity contribution in [1.82, 2.24) is 9.88 Å². The summed E-state index contributed by atoms with van der Waals surface area (Å²) in [6, 6.07) is 3.08. The van der Waals surface area contributed by atoms with Crippen LogP contribution in [0, 0.1) is 5.82 Å². The van der Waals surface area contributed by atoms with E-state index < -0.39 is 48.4 Å². The van der Waals surface area contributed by atoms with Crippen molar-refractivity contribution in [2.75, 3.05) is 37.7 Å². The smallest absolute Gasteiger partial charge is 0.341 e. The summed E-state index contributed by atoms with van der Waals surface area (Å²) in [5.74, 6) is -1.76. The summed E-state index contributed by atoms with van der Waals surface area (Å²) < 4.78 is 21.1. The number of nitrogens with one attached hydrogen (secondary N) is 1. The molecule has 3 heterocycles. The van der Waals surface area contributed by atoms with E-state index in [-0.39, 0.29) is 23.4 Å². The predicted octanol–water partition coefficient (Wildman–Crippen LogP) is -0.609. The summed E-state index contributed by atoms with van der Waals surface area (Å²) in [6.45, 7) is 2.55. The van der Waals surface area contributed by atoms with Crippen molar-refractivity contribution < 1.29 is 39.5 Å². The van der Waals surface area contributed by atoms with Crippen LogP contribution in [0.5, 0.6) is 0 Å². The second kappa shape index (κ2) is 10.6. The van der Waals surface area contributed by atoms with Gasteiger partial charge in [0, 0.05) is 50.2 Å². The number of aliphatic hydroxyl groups excluding tert-OH is 4. The summed E-state index contributed by atoms with van der Waals surface area (Å²) in [5.41, 5.74) is 0.159. The highest BCUT2D eigenvalue weighted by molar-refractivity contribution is 5.93. The zero-order valence-corrected chi connectivity index (χ0v) is 19.0. The highest BCUT2D eigenvalue weighted by Gasteiger charge is 2.35. The van der Waals surface area contributed by atoms with E-state index in [1.807, 2.05) is 9.47 Å². The number of aromatic nitrogens is 1. The van der Waals surface area contributed by atoms with Gasteiger partial charge in [-0.05, 0) is 25.0 Å². The van der Waals surface area contributed by atoms with Crippen molar-refractivity contribution in [2.45, 2.75) is 49.9 Å². The third-order valence-corrected chi connectivity index (χ3v) is 6.46. The van der Waals surface area contributed by atoms with Gasteiger partial charge in [-0.15, -0.1) is 0 Å². The highest BCUT2D eigenvalue weighted by atomic mass is 19.1. The number of halogens is 1. The number of nitrogens with zero attached hydrogens (tertiary/aromatic N) is 2. The van der Waals surface area contributed by atoms with Gasteiger partial charge in [-0.3, -0.25) is 4.79 Å². The van der Waals surface area contributed by atoms with Crippen molar-refractivity contribution in [3.8, 4) is 0 Å². The van der Waals surface area contributed by atoms with E-state index in [0.717, 1.165) is 25.9 Å². The highest BCUT2D eigenvalue weighted by Crippen LogP contribution is 2.38. The van der Waals surface area contributed by atoms with E-state index in [4.69, 9.17) is 25.2 Å². The van der Waals surface area contributed by atoms with Crippen LogP contribution in [0.4, 0.5) is 10.1 Å². The number of hydrogen-bond donors (Lipinski definition) is 6. The molecule has 2 aliphatic heterocycles. The molecular weight excluding hydrogens is 465 g/mol. The standard InChI is InChI=1S/C17H18FN3O3.C6H12O5/c18-13-7-11-14(8-15(13)20-5-3-19-4-6-20)21(10-1-2-10)9-12(16(11)22)17(23)24;7-2-4-6(10)3(8)1-5(9)11-4/h7-10,19H,1-6H2,(H,23,24);3-10H,1-2H2/t;3-,4-,5+,6+/m.1/s1. The fraction of sp³-hybridized carbons (Fsp3) is 0.565. The third-order valence-electron chi connectivity index (χ3n) is 6.46. The molecule has 3 fully saturated rings. The van der Waals surface area contributed by atoms with Gasteiger partial charge >= 0.3 is 5.97 Å². The average Bonchev–Trinajstić information content (AvgIpc) is 3.68. The van der Waals surface area contributed by atoms with Gasteiger partial charge in [0.2, 0.25) is 5.43 Å². The number of rotatable bonds is 4. The van der Waals surface area contributed by atoms with Gasteiger partial charge in [0.05, 0.1) is 23.9 Å². The molecule has 4 atom stereocenters. The minimum absolute atomic E-state index is 0.0162. The van der Waals surface area contributed by atoms with E-state index >= 15 is 0 Å². The minimum atomic E-state index is -1.28. The monoisotopic (exact) mass is 495 g/mol. The lowest BCUT2D eigenvalue weighted by atomic mass is 10.0. The number of carboxylic acids is 1. The zero-order chi connectivity index (χ0) is 25.3. The van der Waals surface area contributed by atoms with Gasteiger partial charge in [-0.1, -0.05) is 0 Å². The fourth-order valence-corrected chi connectivity index (χ4v) is 4.40. The summed E-state index contributed by atoms with van der Waals surface area (Å²) in [7, 11) is 0.